The van der Waals surface area contributed by atoms with Gasteiger partial charge in [0, 0.05) is 17.7 Å². The molecule has 0 aliphatic heterocycles. The second kappa shape index (κ2) is 12.9. The Morgan fingerprint density at radius 2 is 1.39 bits per heavy atom. The van der Waals surface area contributed by atoms with Crippen molar-refractivity contribution in [3.8, 4) is 16.9 Å². The fourth-order valence-electron chi connectivity index (χ4n) is 3.92. The van der Waals surface area contributed by atoms with Gasteiger partial charge in [-0.05, 0) is 60.9 Å². The van der Waals surface area contributed by atoms with Gasteiger partial charge >= 0.3 is 5.97 Å². The summed E-state index contributed by atoms with van der Waals surface area (Å²) in [6.45, 7) is 0.483. The molecule has 3 N–H and O–H groups in total. The first-order chi connectivity index (χ1) is 18.5. The van der Waals surface area contributed by atoms with Gasteiger partial charge in [0.15, 0.2) is 0 Å². The highest BCUT2D eigenvalue weighted by Gasteiger charge is 2.14. The molecule has 7 heteroatoms. The second-order valence-corrected chi connectivity index (χ2v) is 8.60. The Hall–Kier alpha value is -4.91. The Bertz CT molecular complexity index is 1400. The highest BCUT2D eigenvalue weighted by molar-refractivity contribution is 6.10. The number of carboxylic acid groups (broad SMARTS) is 1. The van der Waals surface area contributed by atoms with Gasteiger partial charge in [-0.15, -0.1) is 0 Å². The molecule has 0 heterocycles. The Morgan fingerprint density at radius 3 is 2.16 bits per heavy atom. The van der Waals surface area contributed by atoms with E-state index < -0.39 is 11.9 Å². The minimum absolute atomic E-state index is 0.126. The number of carbonyl (C=O) groups excluding carboxylic acids is 2. The maximum atomic E-state index is 12.8. The molecule has 7 nitrogen and oxygen atoms in total. The molecule has 192 valence electrons. The number of nitrogens with one attached hydrogen (secondary N) is 2. The molecule has 0 aliphatic rings. The standard InChI is InChI=1S/C31H28N2O5/c34-29(16-8-9-21-38-28-15-7-5-12-25(28)22-10-2-1-3-11-22)33-27-14-6-4-13-26(27)30(35)32-24-19-17-23(18-20-24)31(36)37/h1-7,10-15,17-20H,8-9,16,21H2,(H,32,35)(H,33,34)(H,36,37). The van der Waals surface area contributed by atoms with Gasteiger partial charge in [-0.2, -0.15) is 0 Å². The minimum atomic E-state index is -1.04. The molecule has 0 radical (unpaired) electrons. The van der Waals surface area contributed by atoms with Gasteiger partial charge in [-0.1, -0.05) is 60.7 Å². The smallest absolute Gasteiger partial charge is 0.335 e. The quantitative estimate of drug-likeness (QED) is 0.201. The van der Waals surface area contributed by atoms with Crippen LogP contribution in [0.3, 0.4) is 0 Å². The fraction of sp³-hybridized carbons (Fsp3) is 0.129. The van der Waals surface area contributed by atoms with E-state index in [2.05, 4.69) is 10.6 Å². The lowest BCUT2D eigenvalue weighted by molar-refractivity contribution is -0.116. The van der Waals surface area contributed by atoms with E-state index in [9.17, 15) is 14.4 Å². The molecule has 2 amide bonds. The molecule has 4 rings (SSSR count). The molecule has 0 bridgehead atoms. The Labute approximate surface area is 221 Å². The van der Waals surface area contributed by atoms with E-state index in [-0.39, 0.29) is 17.9 Å². The summed E-state index contributed by atoms with van der Waals surface area (Å²) in [6, 6.07) is 30.5. The van der Waals surface area contributed by atoms with E-state index in [1.165, 1.54) is 24.3 Å². The van der Waals surface area contributed by atoms with Crippen molar-refractivity contribution < 1.29 is 24.2 Å². The van der Waals surface area contributed by atoms with Crippen molar-refractivity contribution in [1.29, 1.82) is 0 Å². The van der Waals surface area contributed by atoms with Crippen LogP contribution in [0.2, 0.25) is 0 Å². The van der Waals surface area contributed by atoms with Crippen LogP contribution in [0.1, 0.15) is 40.0 Å². The number of carboxylic acids is 1. The van der Waals surface area contributed by atoms with Crippen molar-refractivity contribution >= 4 is 29.2 Å². The van der Waals surface area contributed by atoms with Crippen molar-refractivity contribution in [3.63, 3.8) is 0 Å². The number of amides is 2. The predicted molar refractivity (Wildman–Crippen MR) is 148 cm³/mol. The van der Waals surface area contributed by atoms with Crippen LogP contribution in [0.4, 0.5) is 11.4 Å². The van der Waals surface area contributed by atoms with E-state index in [4.69, 9.17) is 9.84 Å². The summed E-state index contributed by atoms with van der Waals surface area (Å²) >= 11 is 0. The zero-order valence-corrected chi connectivity index (χ0v) is 20.7. The van der Waals surface area contributed by atoms with Gasteiger partial charge < -0.3 is 20.5 Å². The summed E-state index contributed by atoms with van der Waals surface area (Å²) in [5.74, 6) is -0.838. The number of hydrogen-bond acceptors (Lipinski definition) is 4. The summed E-state index contributed by atoms with van der Waals surface area (Å²) in [7, 11) is 0. The zero-order chi connectivity index (χ0) is 26.7. The normalized spacial score (nSPS) is 10.4. The minimum Gasteiger partial charge on any atom is -0.493 e. The van der Waals surface area contributed by atoms with Crippen LogP contribution in [0.5, 0.6) is 5.75 Å². The SMILES string of the molecule is O=C(CCCCOc1ccccc1-c1ccccc1)Nc1ccccc1C(=O)Nc1ccc(C(=O)O)cc1. The Morgan fingerprint density at radius 1 is 0.711 bits per heavy atom. The topological polar surface area (TPSA) is 105 Å². The van der Waals surface area contributed by atoms with E-state index in [1.54, 1.807) is 24.3 Å². The third-order valence-electron chi connectivity index (χ3n) is 5.86. The van der Waals surface area contributed by atoms with Crippen molar-refractivity contribution in [1.82, 2.24) is 0 Å². The summed E-state index contributed by atoms with van der Waals surface area (Å²) in [5.41, 5.74) is 3.41. The van der Waals surface area contributed by atoms with E-state index in [0.717, 1.165) is 16.9 Å². The Kier molecular flexibility index (Phi) is 8.86. The molecule has 0 atom stereocenters. The van der Waals surface area contributed by atoms with Gasteiger partial charge in [0.2, 0.25) is 5.91 Å². The first-order valence-corrected chi connectivity index (χ1v) is 12.3. The van der Waals surface area contributed by atoms with Crippen LogP contribution in [0.25, 0.3) is 11.1 Å². The molecular weight excluding hydrogens is 480 g/mol. The lowest BCUT2D eigenvalue weighted by Crippen LogP contribution is -2.18. The average molecular weight is 509 g/mol. The van der Waals surface area contributed by atoms with Crippen LogP contribution in [-0.2, 0) is 4.79 Å². The molecule has 0 spiro atoms. The van der Waals surface area contributed by atoms with Gasteiger partial charge in [0.1, 0.15) is 5.75 Å². The molecule has 0 saturated heterocycles. The zero-order valence-electron chi connectivity index (χ0n) is 20.7. The number of rotatable bonds is 11. The average Bonchev–Trinajstić information content (AvgIpc) is 2.94. The molecule has 0 saturated carbocycles. The number of carbonyl (C=O) groups is 3. The van der Waals surface area contributed by atoms with E-state index in [1.807, 2.05) is 54.6 Å². The van der Waals surface area contributed by atoms with Crippen LogP contribution < -0.4 is 15.4 Å². The lowest BCUT2D eigenvalue weighted by atomic mass is 10.1. The summed E-state index contributed by atoms with van der Waals surface area (Å²) < 4.78 is 6.00. The Balaban J connectivity index is 1.26. The van der Waals surface area contributed by atoms with E-state index in [0.29, 0.717) is 36.4 Å². The van der Waals surface area contributed by atoms with E-state index >= 15 is 0 Å². The maximum absolute atomic E-state index is 12.8. The summed E-state index contributed by atoms with van der Waals surface area (Å²) in [6.07, 6.45) is 1.62. The highest BCUT2D eigenvalue weighted by atomic mass is 16.5. The summed E-state index contributed by atoms with van der Waals surface area (Å²) in [4.78, 5) is 36.4. The van der Waals surface area contributed by atoms with Gasteiger partial charge in [-0.25, -0.2) is 4.79 Å². The van der Waals surface area contributed by atoms with Crippen LogP contribution in [0, 0.1) is 0 Å². The number of ether oxygens (including phenoxy) is 1. The van der Waals surface area contributed by atoms with Gasteiger partial charge in [0.05, 0.1) is 23.4 Å². The monoisotopic (exact) mass is 508 g/mol. The van der Waals surface area contributed by atoms with Crippen molar-refractivity contribution in [2.75, 3.05) is 17.2 Å². The van der Waals surface area contributed by atoms with Gasteiger partial charge in [0.25, 0.3) is 5.91 Å². The first kappa shape index (κ1) is 26.2. The molecule has 38 heavy (non-hydrogen) atoms. The summed E-state index contributed by atoms with van der Waals surface area (Å²) in [5, 5.41) is 14.6. The van der Waals surface area contributed by atoms with Crippen molar-refractivity contribution in [2.24, 2.45) is 0 Å². The van der Waals surface area contributed by atoms with Crippen LogP contribution in [-0.4, -0.2) is 29.5 Å². The number of aromatic carboxylic acids is 1. The number of hydrogen-bond donors (Lipinski definition) is 3. The number of unbranched alkanes of at least 4 members (excludes halogenated alkanes) is 1. The molecule has 4 aromatic carbocycles. The van der Waals surface area contributed by atoms with Crippen molar-refractivity contribution in [3.05, 3.63) is 114 Å². The highest BCUT2D eigenvalue weighted by Crippen LogP contribution is 2.29. The van der Waals surface area contributed by atoms with Crippen molar-refractivity contribution in [2.45, 2.75) is 19.3 Å². The predicted octanol–water partition coefficient (Wildman–Crippen LogP) is 6.49. The lowest BCUT2D eigenvalue weighted by Gasteiger charge is -2.13. The fourth-order valence-corrected chi connectivity index (χ4v) is 3.92. The molecular formula is C31H28N2O5. The third kappa shape index (κ3) is 7.07. The number of anilines is 2. The first-order valence-electron chi connectivity index (χ1n) is 12.3. The molecule has 4 aromatic rings. The second-order valence-electron chi connectivity index (χ2n) is 8.60. The molecule has 0 unspecified atom stereocenters. The number of para-hydroxylation sites is 2. The molecule has 0 aromatic heterocycles. The van der Waals surface area contributed by atoms with Crippen LogP contribution in [0.15, 0.2) is 103 Å². The maximum Gasteiger partial charge on any atom is 0.335 e. The molecule has 0 fully saturated rings. The van der Waals surface area contributed by atoms with Gasteiger partial charge in [-0.3, -0.25) is 9.59 Å². The molecule has 0 aliphatic carbocycles. The number of benzene rings is 4. The third-order valence-corrected chi connectivity index (χ3v) is 5.86. The largest absolute Gasteiger partial charge is 0.493 e. The van der Waals surface area contributed by atoms with Crippen LogP contribution >= 0.6 is 0 Å².